The highest BCUT2D eigenvalue weighted by molar-refractivity contribution is 6.42. The van der Waals surface area contributed by atoms with Crippen molar-refractivity contribution in [3.63, 3.8) is 0 Å². The van der Waals surface area contributed by atoms with E-state index in [2.05, 4.69) is 18.7 Å². The Balaban J connectivity index is 2.26. The van der Waals surface area contributed by atoms with Crippen molar-refractivity contribution in [2.75, 3.05) is 19.6 Å². The molecule has 0 aliphatic carbocycles. The molecule has 1 saturated heterocycles. The maximum absolute atomic E-state index is 6.31. The molecule has 1 aliphatic rings. The first-order valence-electron chi connectivity index (χ1n) is 6.56. The van der Waals surface area contributed by atoms with E-state index in [1.807, 2.05) is 12.1 Å². The molecule has 1 aromatic carbocycles. The van der Waals surface area contributed by atoms with Crippen LogP contribution in [0.3, 0.4) is 0 Å². The van der Waals surface area contributed by atoms with Gasteiger partial charge in [-0.15, -0.1) is 0 Å². The first kappa shape index (κ1) is 15.1. The molecule has 3 nitrogen and oxygen atoms in total. The second-order valence-corrected chi connectivity index (χ2v) is 5.89. The van der Waals surface area contributed by atoms with E-state index in [9.17, 15) is 0 Å². The Morgan fingerprint density at radius 1 is 1.32 bits per heavy atom. The molecule has 3 atom stereocenters. The van der Waals surface area contributed by atoms with Crippen molar-refractivity contribution in [3.8, 4) is 0 Å². The summed E-state index contributed by atoms with van der Waals surface area (Å²) in [6, 6.07) is 5.79. The van der Waals surface area contributed by atoms with Crippen LogP contribution in [0.2, 0.25) is 10.0 Å². The van der Waals surface area contributed by atoms with E-state index in [4.69, 9.17) is 33.7 Å². The molecule has 5 heteroatoms. The molecule has 1 aliphatic heterocycles. The lowest BCUT2D eigenvalue weighted by Crippen LogP contribution is -2.48. The van der Waals surface area contributed by atoms with Crippen molar-refractivity contribution in [1.82, 2.24) is 4.90 Å². The van der Waals surface area contributed by atoms with Crippen LogP contribution in [-0.2, 0) is 4.74 Å². The van der Waals surface area contributed by atoms with Gasteiger partial charge in [0.25, 0.3) is 0 Å². The van der Waals surface area contributed by atoms with Gasteiger partial charge in [-0.25, -0.2) is 0 Å². The predicted octanol–water partition coefficient (Wildman–Crippen LogP) is 3.10. The topological polar surface area (TPSA) is 38.5 Å². The highest BCUT2D eigenvalue weighted by Crippen LogP contribution is 2.33. The minimum Gasteiger partial charge on any atom is -0.373 e. The average molecular weight is 303 g/mol. The molecule has 1 fully saturated rings. The second kappa shape index (κ2) is 6.42. The maximum atomic E-state index is 6.31. The standard InChI is InChI=1S/C14H20Cl2N2O/c1-9-7-18(8-10(2)19-9)13(6-17)11-4-3-5-12(15)14(11)16/h3-5,9-10,13H,6-8,17H2,1-2H3/t9-,10-,13-/m1/s1. The molecular formula is C14H20Cl2N2O. The summed E-state index contributed by atoms with van der Waals surface area (Å²) in [6.45, 7) is 6.38. The summed E-state index contributed by atoms with van der Waals surface area (Å²) in [5.41, 5.74) is 6.96. The molecule has 0 amide bonds. The number of ether oxygens (including phenoxy) is 1. The van der Waals surface area contributed by atoms with E-state index in [0.717, 1.165) is 18.7 Å². The maximum Gasteiger partial charge on any atom is 0.0678 e. The first-order valence-corrected chi connectivity index (χ1v) is 7.32. The Bertz CT molecular complexity index is 431. The third kappa shape index (κ3) is 3.41. The van der Waals surface area contributed by atoms with Gasteiger partial charge in [-0.05, 0) is 25.5 Å². The minimum absolute atomic E-state index is 0.0833. The van der Waals surface area contributed by atoms with Gasteiger partial charge in [-0.3, -0.25) is 4.90 Å². The van der Waals surface area contributed by atoms with Crippen molar-refractivity contribution in [2.24, 2.45) is 5.73 Å². The fourth-order valence-electron chi connectivity index (χ4n) is 2.72. The van der Waals surface area contributed by atoms with Crippen LogP contribution in [0.4, 0.5) is 0 Å². The lowest BCUT2D eigenvalue weighted by atomic mass is 10.0. The Morgan fingerprint density at radius 2 is 1.95 bits per heavy atom. The number of hydrogen-bond donors (Lipinski definition) is 1. The molecule has 0 aromatic heterocycles. The number of benzene rings is 1. The number of hydrogen-bond acceptors (Lipinski definition) is 3. The summed E-state index contributed by atoms with van der Waals surface area (Å²) in [4.78, 5) is 2.33. The minimum atomic E-state index is 0.0833. The van der Waals surface area contributed by atoms with Gasteiger partial charge in [0.1, 0.15) is 0 Å². The monoisotopic (exact) mass is 302 g/mol. The summed E-state index contributed by atoms with van der Waals surface area (Å²) in [5, 5.41) is 1.18. The lowest BCUT2D eigenvalue weighted by molar-refractivity contribution is -0.0799. The van der Waals surface area contributed by atoms with Gasteiger partial charge < -0.3 is 10.5 Å². The molecular weight excluding hydrogens is 283 g/mol. The highest BCUT2D eigenvalue weighted by Gasteiger charge is 2.29. The van der Waals surface area contributed by atoms with Crippen LogP contribution in [0.5, 0.6) is 0 Å². The highest BCUT2D eigenvalue weighted by atomic mass is 35.5. The average Bonchev–Trinajstić information content (AvgIpc) is 2.34. The quantitative estimate of drug-likeness (QED) is 0.932. The van der Waals surface area contributed by atoms with Gasteiger partial charge in [0, 0.05) is 25.7 Å². The fourth-order valence-corrected chi connectivity index (χ4v) is 3.16. The van der Waals surface area contributed by atoms with Crippen molar-refractivity contribution >= 4 is 23.2 Å². The zero-order valence-corrected chi connectivity index (χ0v) is 12.8. The fraction of sp³-hybridized carbons (Fsp3) is 0.571. The number of morpholine rings is 1. The summed E-state index contributed by atoms with van der Waals surface area (Å²) in [6.07, 6.45) is 0.409. The van der Waals surface area contributed by atoms with Gasteiger partial charge in [-0.1, -0.05) is 35.3 Å². The van der Waals surface area contributed by atoms with Gasteiger partial charge in [0.2, 0.25) is 0 Å². The van der Waals surface area contributed by atoms with Crippen LogP contribution in [0.1, 0.15) is 25.5 Å². The normalized spacial score (nSPS) is 26.4. The molecule has 0 unspecified atom stereocenters. The summed E-state index contributed by atoms with van der Waals surface area (Å²) < 4.78 is 5.76. The van der Waals surface area contributed by atoms with Crippen LogP contribution in [-0.4, -0.2) is 36.7 Å². The Hall–Kier alpha value is -0.320. The molecule has 1 heterocycles. The van der Waals surface area contributed by atoms with Gasteiger partial charge in [0.05, 0.1) is 22.3 Å². The predicted molar refractivity (Wildman–Crippen MR) is 79.8 cm³/mol. The third-order valence-corrected chi connectivity index (χ3v) is 4.29. The SMILES string of the molecule is C[C@@H]1CN([C@H](CN)c2cccc(Cl)c2Cl)C[C@@H](C)O1. The van der Waals surface area contributed by atoms with Crippen LogP contribution in [0.15, 0.2) is 18.2 Å². The van der Waals surface area contributed by atoms with Crippen molar-refractivity contribution in [3.05, 3.63) is 33.8 Å². The van der Waals surface area contributed by atoms with Crippen LogP contribution >= 0.6 is 23.2 Å². The molecule has 2 N–H and O–H groups in total. The van der Waals surface area contributed by atoms with Gasteiger partial charge in [-0.2, -0.15) is 0 Å². The number of nitrogens with zero attached hydrogens (tertiary/aromatic N) is 1. The number of rotatable bonds is 3. The Labute approximate surface area is 124 Å². The van der Waals surface area contributed by atoms with Crippen molar-refractivity contribution < 1.29 is 4.74 Å². The Kier molecular flexibility index (Phi) is 5.09. The van der Waals surface area contributed by atoms with Crippen LogP contribution in [0, 0.1) is 0 Å². The van der Waals surface area contributed by atoms with E-state index < -0.39 is 0 Å². The molecule has 106 valence electrons. The molecule has 1 aromatic rings. The van der Waals surface area contributed by atoms with E-state index >= 15 is 0 Å². The summed E-state index contributed by atoms with van der Waals surface area (Å²) in [5.74, 6) is 0. The molecule has 0 radical (unpaired) electrons. The molecule has 2 rings (SSSR count). The molecule has 19 heavy (non-hydrogen) atoms. The second-order valence-electron chi connectivity index (χ2n) is 5.11. The van der Waals surface area contributed by atoms with E-state index in [-0.39, 0.29) is 18.2 Å². The number of nitrogens with two attached hydrogens (primary N) is 1. The molecule has 0 spiro atoms. The summed E-state index contributed by atoms with van der Waals surface area (Å²) >= 11 is 12.4. The Morgan fingerprint density at radius 3 is 2.53 bits per heavy atom. The summed E-state index contributed by atoms with van der Waals surface area (Å²) in [7, 11) is 0. The smallest absolute Gasteiger partial charge is 0.0678 e. The first-order chi connectivity index (χ1) is 9.02. The van der Waals surface area contributed by atoms with Crippen molar-refractivity contribution in [2.45, 2.75) is 32.1 Å². The van der Waals surface area contributed by atoms with Gasteiger partial charge >= 0.3 is 0 Å². The zero-order valence-electron chi connectivity index (χ0n) is 11.3. The van der Waals surface area contributed by atoms with E-state index in [1.54, 1.807) is 6.07 Å². The van der Waals surface area contributed by atoms with Crippen LogP contribution in [0.25, 0.3) is 0 Å². The largest absolute Gasteiger partial charge is 0.373 e. The van der Waals surface area contributed by atoms with Gasteiger partial charge in [0.15, 0.2) is 0 Å². The van der Waals surface area contributed by atoms with E-state index in [0.29, 0.717) is 16.6 Å². The van der Waals surface area contributed by atoms with Crippen LogP contribution < -0.4 is 5.73 Å². The number of halogens is 2. The molecule has 0 saturated carbocycles. The zero-order chi connectivity index (χ0) is 14.0. The van der Waals surface area contributed by atoms with E-state index in [1.165, 1.54) is 0 Å². The third-order valence-electron chi connectivity index (χ3n) is 3.45. The van der Waals surface area contributed by atoms with Crippen molar-refractivity contribution in [1.29, 1.82) is 0 Å². The molecule has 0 bridgehead atoms. The lowest BCUT2D eigenvalue weighted by Gasteiger charge is -2.40.